The van der Waals surface area contributed by atoms with Crippen LogP contribution in [-0.2, 0) is 44.2 Å². The van der Waals surface area contributed by atoms with E-state index >= 15 is 8.90 Å². The van der Waals surface area contributed by atoms with Crippen LogP contribution in [0.4, 0.5) is 26.9 Å². The molecule has 0 aromatic heterocycles. The van der Waals surface area contributed by atoms with E-state index in [-0.39, 0.29) is 49.2 Å². The van der Waals surface area contributed by atoms with Crippen LogP contribution >= 0.6 is 0 Å². The number of piperidine rings is 1. The number of rotatable bonds is 9. The van der Waals surface area contributed by atoms with Gasteiger partial charge in [0.2, 0.25) is 14.3 Å². The number of carbonyl (C=O) groups excluding carboxylic acids is 3. The first kappa shape index (κ1) is 40.9. The Morgan fingerprint density at radius 1 is 0.951 bits per heavy atom. The number of amides is 3. The van der Waals surface area contributed by atoms with E-state index in [0.29, 0.717) is 56.0 Å². The molecule has 0 unspecified atom stereocenters. The van der Waals surface area contributed by atoms with E-state index in [0.717, 1.165) is 16.8 Å². The van der Waals surface area contributed by atoms with Gasteiger partial charge in [-0.1, -0.05) is 61.5 Å². The lowest BCUT2D eigenvalue weighted by Crippen LogP contribution is -2.55. The van der Waals surface area contributed by atoms with Crippen LogP contribution in [0.5, 0.6) is 0 Å². The molecule has 15 heteroatoms. The monoisotopic (exact) mass is 846 g/mol. The van der Waals surface area contributed by atoms with Crippen LogP contribution in [0, 0.1) is 16.0 Å². The number of nitrogens with one attached hydrogen (secondary N) is 1. The number of carbonyl (C=O) groups is 3. The highest BCUT2D eigenvalue weighted by atomic mass is 28.4. The van der Waals surface area contributed by atoms with Crippen molar-refractivity contribution in [1.29, 1.82) is 0 Å². The highest BCUT2D eigenvalue weighted by Crippen LogP contribution is 2.61. The number of aliphatic hydroxyl groups excluding tert-OH is 1. The Balaban J connectivity index is 1.04. The van der Waals surface area contributed by atoms with Crippen molar-refractivity contribution in [2.24, 2.45) is 5.92 Å². The predicted molar refractivity (Wildman–Crippen MR) is 231 cm³/mol. The minimum Gasteiger partial charge on any atom is -0.394 e. The first-order valence-electron chi connectivity index (χ1n) is 21.2. The van der Waals surface area contributed by atoms with E-state index in [2.05, 4.69) is 10.2 Å². The zero-order chi connectivity index (χ0) is 42.8. The minimum atomic E-state index is -3.70. The molecule has 5 atom stereocenters. The molecule has 3 fully saturated rings. The molecule has 5 heterocycles. The van der Waals surface area contributed by atoms with Gasteiger partial charge < -0.3 is 34.0 Å². The van der Waals surface area contributed by atoms with E-state index in [1.54, 1.807) is 40.8 Å². The maximum absolute atomic E-state index is 16.7. The summed E-state index contributed by atoms with van der Waals surface area (Å²) in [4.78, 5) is 62.8. The van der Waals surface area contributed by atoms with Gasteiger partial charge in [-0.3, -0.25) is 29.4 Å². The van der Waals surface area contributed by atoms with Crippen molar-refractivity contribution in [2.45, 2.75) is 87.6 Å². The van der Waals surface area contributed by atoms with Gasteiger partial charge in [0.25, 0.3) is 17.5 Å². The molecule has 318 valence electrons. The lowest BCUT2D eigenvalue weighted by molar-refractivity contribution is -0.385. The molecule has 61 heavy (non-hydrogen) atoms. The zero-order valence-electron chi connectivity index (χ0n) is 34.6. The second-order valence-electron chi connectivity index (χ2n) is 17.7. The number of benzene rings is 4. The Morgan fingerprint density at radius 2 is 1.66 bits per heavy atom. The normalized spacial score (nSPS) is 25.7. The van der Waals surface area contributed by atoms with Crippen LogP contribution in [0.3, 0.4) is 0 Å². The second kappa shape index (κ2) is 15.5. The van der Waals surface area contributed by atoms with Crippen LogP contribution in [-0.4, -0.2) is 85.1 Å². The van der Waals surface area contributed by atoms with Crippen molar-refractivity contribution >= 4 is 48.9 Å². The summed E-state index contributed by atoms with van der Waals surface area (Å²) >= 11 is 0. The number of aliphatic hydroxyl groups is 1. The molecule has 5 aliphatic rings. The van der Waals surface area contributed by atoms with Crippen LogP contribution in [0.2, 0.25) is 18.6 Å². The SMILES string of the molecule is C[C@@H]1[C@@H]([Si](C)(C)F)[C@H](CC(=O)N2Cc3ccccc3C[C@H]2CO)O[C@@]12C(=O)N(Cc1cccc(N3CN(c4ccccc4)C4(CCNCC4)C3=O)c1)c1ccc([N+](=O)[O-])cc12. The van der Waals surface area contributed by atoms with Gasteiger partial charge in [-0.2, -0.15) is 0 Å². The Hall–Kier alpha value is -5.48. The summed E-state index contributed by atoms with van der Waals surface area (Å²) in [6.45, 7) is 6.71. The number of nitro groups is 1. The Morgan fingerprint density at radius 3 is 2.36 bits per heavy atom. The predicted octanol–water partition coefficient (Wildman–Crippen LogP) is 6.19. The highest BCUT2D eigenvalue weighted by molar-refractivity contribution is 6.72. The highest BCUT2D eigenvalue weighted by Gasteiger charge is 2.67. The maximum Gasteiger partial charge on any atom is 0.269 e. The molecule has 13 nitrogen and oxygen atoms in total. The third-order valence-corrected chi connectivity index (χ3v) is 16.4. The summed E-state index contributed by atoms with van der Waals surface area (Å²) in [5.41, 5.74) is 1.49. The molecule has 9 rings (SSSR count). The average Bonchev–Trinajstić information content (AvgIpc) is 3.80. The van der Waals surface area contributed by atoms with Gasteiger partial charge in [-0.25, -0.2) is 0 Å². The molecule has 3 saturated heterocycles. The largest absolute Gasteiger partial charge is 0.394 e. The average molecular weight is 847 g/mol. The molecule has 4 aromatic carbocycles. The van der Waals surface area contributed by atoms with Crippen LogP contribution in [0.15, 0.2) is 97.1 Å². The van der Waals surface area contributed by atoms with Crippen LogP contribution < -0.4 is 20.0 Å². The molecule has 5 aliphatic heterocycles. The van der Waals surface area contributed by atoms with E-state index in [1.165, 1.54) is 12.1 Å². The molecule has 0 aliphatic carbocycles. The summed E-state index contributed by atoms with van der Waals surface area (Å²) in [5.74, 6) is -1.58. The third-order valence-electron chi connectivity index (χ3n) is 13.9. The van der Waals surface area contributed by atoms with Crippen molar-refractivity contribution < 1.29 is 33.3 Å². The number of nitro benzene ring substituents is 1. The van der Waals surface area contributed by atoms with Gasteiger partial charge >= 0.3 is 0 Å². The fraction of sp³-hybridized carbons (Fsp3) is 0.413. The Labute approximate surface area is 355 Å². The second-order valence-corrected chi connectivity index (χ2v) is 21.5. The molecular formula is C46H51FN6O7Si. The quantitative estimate of drug-likeness (QED) is 0.0872. The van der Waals surface area contributed by atoms with E-state index in [9.17, 15) is 24.8 Å². The maximum atomic E-state index is 16.7. The minimum absolute atomic E-state index is 0.0146. The van der Waals surface area contributed by atoms with Gasteiger partial charge in [-0.05, 0) is 92.5 Å². The summed E-state index contributed by atoms with van der Waals surface area (Å²) < 4.78 is 23.6. The molecule has 2 N–H and O–H groups in total. The molecule has 0 saturated carbocycles. The molecule has 3 amide bonds. The van der Waals surface area contributed by atoms with Crippen molar-refractivity contribution in [3.63, 3.8) is 0 Å². The zero-order valence-corrected chi connectivity index (χ0v) is 35.6. The summed E-state index contributed by atoms with van der Waals surface area (Å²) in [7, 11) is -3.70. The number of ether oxygens (including phenoxy) is 1. The third kappa shape index (κ3) is 6.73. The van der Waals surface area contributed by atoms with Crippen molar-refractivity contribution in [2.75, 3.05) is 41.1 Å². The smallest absolute Gasteiger partial charge is 0.269 e. The molecule has 4 aromatic rings. The van der Waals surface area contributed by atoms with E-state index < -0.39 is 54.0 Å². The molecule has 0 radical (unpaired) electrons. The van der Waals surface area contributed by atoms with Crippen LogP contribution in [0.25, 0.3) is 0 Å². The summed E-state index contributed by atoms with van der Waals surface area (Å²) in [5, 5.41) is 26.0. The van der Waals surface area contributed by atoms with E-state index in [4.69, 9.17) is 4.74 Å². The molecular weight excluding hydrogens is 796 g/mol. The number of non-ortho nitro benzene ring substituents is 1. The first-order valence-corrected chi connectivity index (χ1v) is 24.1. The standard InChI is InChI=1S/C46H51FN6O7Si/c1-30-42(61(2,3)47)40(25-41(55)49-27-33-12-8-7-11-32(33)23-37(49)28-54)60-46(30)38-24-36(53(58)59)16-17-39(38)50(44(46)57)26-31-10-9-15-35(22-31)51-29-52(34-13-5-4-6-14-34)45(43(51)56)18-20-48-21-19-45/h4-17,22,24,30,37,40,42,48,54H,18-21,23,25-29H2,1-3H3/t30-,37+,40+,42-,46+/m1/s1. The van der Waals surface area contributed by atoms with Gasteiger partial charge in [0.05, 0.1) is 49.0 Å². The molecule has 0 bridgehead atoms. The van der Waals surface area contributed by atoms with Crippen molar-refractivity contribution in [1.82, 2.24) is 10.2 Å². The molecule has 2 spiro atoms. The van der Waals surface area contributed by atoms with Crippen molar-refractivity contribution in [3.05, 3.63) is 129 Å². The van der Waals surface area contributed by atoms with Gasteiger partial charge in [-0.15, -0.1) is 0 Å². The number of hydrogen-bond donors (Lipinski definition) is 2. The van der Waals surface area contributed by atoms with Gasteiger partial charge in [0, 0.05) is 47.1 Å². The first-order chi connectivity index (χ1) is 29.3. The summed E-state index contributed by atoms with van der Waals surface area (Å²) in [6.07, 6.45) is 0.543. The van der Waals surface area contributed by atoms with Crippen LogP contribution in [0.1, 0.15) is 48.4 Å². The number of para-hydroxylation sites is 1. The number of hydrogen-bond acceptors (Lipinski definition) is 9. The Bertz CT molecular complexity index is 2390. The van der Waals surface area contributed by atoms with E-state index in [1.807, 2.05) is 78.9 Å². The fourth-order valence-corrected chi connectivity index (χ4v) is 13.5. The lowest BCUT2D eigenvalue weighted by Gasteiger charge is -2.39. The fourth-order valence-electron chi connectivity index (χ4n) is 11.0. The number of anilines is 3. The Kier molecular flexibility index (Phi) is 10.4. The van der Waals surface area contributed by atoms with Gasteiger partial charge in [0.15, 0.2) is 5.60 Å². The number of nitrogens with zero attached hydrogens (tertiary/aromatic N) is 5. The topological polar surface area (TPSA) is 149 Å². The summed E-state index contributed by atoms with van der Waals surface area (Å²) in [6, 6.07) is 29.0. The van der Waals surface area contributed by atoms with Crippen molar-refractivity contribution in [3.8, 4) is 0 Å². The van der Waals surface area contributed by atoms with Gasteiger partial charge in [0.1, 0.15) is 5.54 Å². The lowest BCUT2D eigenvalue weighted by atomic mass is 9.82. The number of halogens is 1. The number of fused-ring (bicyclic) bond motifs is 3.